The summed E-state index contributed by atoms with van der Waals surface area (Å²) in [6, 6.07) is 13.9. The molecule has 0 saturated heterocycles. The summed E-state index contributed by atoms with van der Waals surface area (Å²) in [6.45, 7) is 2.62. The average molecular weight is 316 g/mol. The number of pyridine rings is 1. The molecular weight excluding hydrogens is 302 g/mol. The van der Waals surface area contributed by atoms with Crippen molar-refractivity contribution in [3.05, 3.63) is 63.7 Å². The molecule has 0 bridgehead atoms. The predicted octanol–water partition coefficient (Wildman–Crippen LogP) is 4.78. The number of nitrogens with one attached hydrogen (secondary N) is 1. The third kappa shape index (κ3) is 3.40. The van der Waals surface area contributed by atoms with Gasteiger partial charge in [-0.15, -0.1) is 11.3 Å². The smallest absolute Gasteiger partial charge is 0.129 e. The van der Waals surface area contributed by atoms with Gasteiger partial charge in [-0.2, -0.15) is 0 Å². The Kier molecular flexibility index (Phi) is 4.18. The summed E-state index contributed by atoms with van der Waals surface area (Å²) >= 11 is 7.51. The molecule has 3 aromatic rings. The van der Waals surface area contributed by atoms with Crippen LogP contribution in [0.5, 0.6) is 0 Å². The minimum absolute atomic E-state index is 0.513. The van der Waals surface area contributed by atoms with Crippen LogP contribution in [0.25, 0.3) is 11.3 Å². The molecule has 2 heterocycles. The van der Waals surface area contributed by atoms with Gasteiger partial charge < -0.3 is 5.32 Å². The molecule has 2 aromatic heterocycles. The van der Waals surface area contributed by atoms with Crippen molar-refractivity contribution in [3.63, 3.8) is 0 Å². The lowest BCUT2D eigenvalue weighted by Gasteiger charge is -2.07. The van der Waals surface area contributed by atoms with Gasteiger partial charge >= 0.3 is 0 Å². The van der Waals surface area contributed by atoms with Crippen LogP contribution in [0.2, 0.25) is 5.15 Å². The van der Waals surface area contributed by atoms with E-state index in [1.165, 1.54) is 0 Å². The maximum atomic E-state index is 5.86. The monoisotopic (exact) mass is 315 g/mol. The van der Waals surface area contributed by atoms with Gasteiger partial charge in [0.1, 0.15) is 10.2 Å². The lowest BCUT2D eigenvalue weighted by atomic mass is 10.2. The number of aryl methyl sites for hydroxylation is 1. The number of hydrogen-bond donors (Lipinski definition) is 1. The van der Waals surface area contributed by atoms with E-state index in [0.717, 1.165) is 27.6 Å². The Morgan fingerprint density at radius 2 is 1.90 bits per heavy atom. The van der Waals surface area contributed by atoms with Gasteiger partial charge in [-0.3, -0.25) is 0 Å². The van der Waals surface area contributed by atoms with Gasteiger partial charge in [-0.1, -0.05) is 41.9 Å². The van der Waals surface area contributed by atoms with E-state index in [9.17, 15) is 0 Å². The van der Waals surface area contributed by atoms with Gasteiger partial charge in [0.25, 0.3) is 0 Å². The van der Waals surface area contributed by atoms with Gasteiger partial charge in [0.2, 0.25) is 0 Å². The lowest BCUT2D eigenvalue weighted by molar-refractivity contribution is 1.08. The summed E-state index contributed by atoms with van der Waals surface area (Å²) in [5.74, 6) is 0. The highest BCUT2D eigenvalue weighted by atomic mass is 35.5. The van der Waals surface area contributed by atoms with Crippen molar-refractivity contribution in [3.8, 4) is 11.3 Å². The van der Waals surface area contributed by atoms with E-state index in [0.29, 0.717) is 11.7 Å². The zero-order valence-corrected chi connectivity index (χ0v) is 13.1. The van der Waals surface area contributed by atoms with E-state index in [2.05, 4.69) is 32.8 Å². The van der Waals surface area contributed by atoms with Crippen molar-refractivity contribution in [2.45, 2.75) is 13.5 Å². The number of aromatic nitrogens is 2. The molecule has 0 aliphatic carbocycles. The van der Waals surface area contributed by atoms with E-state index in [1.807, 2.05) is 31.2 Å². The van der Waals surface area contributed by atoms with Gasteiger partial charge in [0.05, 0.1) is 23.6 Å². The molecular formula is C16H14ClN3S. The fraction of sp³-hybridized carbons (Fsp3) is 0.125. The highest BCUT2D eigenvalue weighted by Crippen LogP contribution is 2.23. The first-order valence-electron chi connectivity index (χ1n) is 6.59. The zero-order valence-electron chi connectivity index (χ0n) is 11.5. The largest absolute Gasteiger partial charge is 0.377 e. The lowest BCUT2D eigenvalue weighted by Crippen LogP contribution is -2.01. The molecule has 0 atom stereocenters. The van der Waals surface area contributed by atoms with Crippen molar-refractivity contribution in [2.24, 2.45) is 0 Å². The highest BCUT2D eigenvalue weighted by Gasteiger charge is 2.05. The van der Waals surface area contributed by atoms with E-state index >= 15 is 0 Å². The second-order valence-corrected chi connectivity index (χ2v) is 5.94. The number of thiazole rings is 1. The molecule has 3 nitrogen and oxygen atoms in total. The SMILES string of the molecule is Cc1nc(Cl)ccc1NCc1nc(-c2ccccc2)cs1. The number of hydrogen-bond acceptors (Lipinski definition) is 4. The van der Waals surface area contributed by atoms with Crippen LogP contribution in [-0.2, 0) is 6.54 Å². The van der Waals surface area contributed by atoms with Crippen LogP contribution in [0, 0.1) is 6.92 Å². The molecule has 0 aliphatic heterocycles. The number of rotatable bonds is 4. The molecule has 1 N–H and O–H groups in total. The third-order valence-electron chi connectivity index (χ3n) is 3.10. The summed E-state index contributed by atoms with van der Waals surface area (Å²) < 4.78 is 0. The van der Waals surface area contributed by atoms with Crippen molar-refractivity contribution >= 4 is 28.6 Å². The first-order valence-corrected chi connectivity index (χ1v) is 7.85. The second-order valence-electron chi connectivity index (χ2n) is 4.61. The first kappa shape index (κ1) is 14.0. The van der Waals surface area contributed by atoms with Crippen molar-refractivity contribution in [1.82, 2.24) is 9.97 Å². The van der Waals surface area contributed by atoms with Crippen molar-refractivity contribution < 1.29 is 0 Å². The molecule has 0 aliphatic rings. The van der Waals surface area contributed by atoms with Crippen LogP contribution < -0.4 is 5.32 Å². The molecule has 0 unspecified atom stereocenters. The van der Waals surface area contributed by atoms with E-state index in [1.54, 1.807) is 17.4 Å². The third-order valence-corrected chi connectivity index (χ3v) is 4.16. The normalized spacial score (nSPS) is 10.6. The quantitative estimate of drug-likeness (QED) is 0.704. The van der Waals surface area contributed by atoms with Gasteiger partial charge in [0, 0.05) is 10.9 Å². The average Bonchev–Trinajstić information content (AvgIpc) is 2.96. The van der Waals surface area contributed by atoms with E-state index in [-0.39, 0.29) is 0 Å². The molecule has 0 amide bonds. The number of benzene rings is 1. The topological polar surface area (TPSA) is 37.8 Å². The maximum Gasteiger partial charge on any atom is 0.129 e. The van der Waals surface area contributed by atoms with Gasteiger partial charge in [-0.05, 0) is 19.1 Å². The summed E-state index contributed by atoms with van der Waals surface area (Å²) in [4.78, 5) is 8.88. The molecule has 106 valence electrons. The van der Waals surface area contributed by atoms with Crippen LogP contribution in [0.15, 0.2) is 47.8 Å². The molecule has 0 fully saturated rings. The fourth-order valence-electron chi connectivity index (χ4n) is 2.02. The fourth-order valence-corrected chi connectivity index (χ4v) is 2.95. The molecule has 0 radical (unpaired) electrons. The van der Waals surface area contributed by atoms with Crippen LogP contribution in [0.1, 0.15) is 10.7 Å². The van der Waals surface area contributed by atoms with Crippen molar-refractivity contribution in [1.29, 1.82) is 0 Å². The molecule has 5 heteroatoms. The molecule has 0 spiro atoms. The Balaban J connectivity index is 1.70. The zero-order chi connectivity index (χ0) is 14.7. The number of anilines is 1. The van der Waals surface area contributed by atoms with Crippen LogP contribution in [-0.4, -0.2) is 9.97 Å². The Morgan fingerprint density at radius 3 is 2.67 bits per heavy atom. The van der Waals surface area contributed by atoms with Crippen molar-refractivity contribution in [2.75, 3.05) is 5.32 Å². The van der Waals surface area contributed by atoms with Crippen LogP contribution in [0.3, 0.4) is 0 Å². The minimum Gasteiger partial charge on any atom is -0.377 e. The van der Waals surface area contributed by atoms with Crippen LogP contribution >= 0.6 is 22.9 Å². The Morgan fingerprint density at radius 1 is 1.10 bits per heavy atom. The summed E-state index contributed by atoms with van der Waals surface area (Å²) in [6.07, 6.45) is 0. The number of halogens is 1. The Hall–Kier alpha value is -1.91. The molecule has 21 heavy (non-hydrogen) atoms. The molecule has 0 saturated carbocycles. The van der Waals surface area contributed by atoms with Gasteiger partial charge in [-0.25, -0.2) is 9.97 Å². The second kappa shape index (κ2) is 6.24. The predicted molar refractivity (Wildman–Crippen MR) is 88.9 cm³/mol. The summed E-state index contributed by atoms with van der Waals surface area (Å²) in [5.41, 5.74) is 4.03. The standard InChI is InChI=1S/C16H14ClN3S/c1-11-13(7-8-15(17)19-11)18-9-16-20-14(10-21-16)12-5-3-2-4-6-12/h2-8,10,18H,9H2,1H3. The molecule has 1 aromatic carbocycles. The summed E-state index contributed by atoms with van der Waals surface area (Å²) in [7, 11) is 0. The van der Waals surface area contributed by atoms with E-state index < -0.39 is 0 Å². The van der Waals surface area contributed by atoms with Crippen LogP contribution in [0.4, 0.5) is 5.69 Å². The number of nitrogens with zero attached hydrogens (tertiary/aromatic N) is 2. The molecule has 3 rings (SSSR count). The highest BCUT2D eigenvalue weighted by molar-refractivity contribution is 7.09. The van der Waals surface area contributed by atoms with E-state index in [4.69, 9.17) is 11.6 Å². The maximum absolute atomic E-state index is 5.86. The Labute approximate surface area is 132 Å². The first-order chi connectivity index (χ1) is 10.2. The van der Waals surface area contributed by atoms with Gasteiger partial charge in [0.15, 0.2) is 0 Å². The minimum atomic E-state index is 0.513. The Bertz CT molecular complexity index is 740. The summed E-state index contributed by atoms with van der Waals surface area (Å²) in [5, 5.41) is 6.99.